The average Bonchev–Trinajstić information content (AvgIpc) is 3.06. The summed E-state index contributed by atoms with van der Waals surface area (Å²) in [5, 5.41) is 2.96. The highest BCUT2D eigenvalue weighted by molar-refractivity contribution is 9.10. The number of hydrogen-bond acceptors (Lipinski definition) is 6. The molecule has 0 bridgehead atoms. The maximum Gasteiger partial charge on any atom is 0.264 e. The standard InChI is InChI=1S/C36H40BrN3O6S/c1-5-46-31-18-16-30(17-19-31)40(47(43,44)33-20-14-29(37)15-21-33)25-35(41)39(24-28-12-9-13-32(22-28)45-4)34(36(42)38-26(2)3)23-27-10-7-6-8-11-27/h6-22,26,34H,5,23-25H2,1-4H3,(H,38,42)/t34-/m1/s1. The van der Waals surface area contributed by atoms with Crippen LogP contribution in [0.4, 0.5) is 5.69 Å². The summed E-state index contributed by atoms with van der Waals surface area (Å²) in [6, 6.07) is 28.3. The summed E-state index contributed by atoms with van der Waals surface area (Å²) in [4.78, 5) is 29.9. The number of carbonyl (C=O) groups is 2. The highest BCUT2D eigenvalue weighted by atomic mass is 79.9. The summed E-state index contributed by atoms with van der Waals surface area (Å²) < 4.78 is 41.2. The quantitative estimate of drug-likeness (QED) is 0.156. The molecule has 0 aromatic heterocycles. The molecule has 0 aliphatic rings. The van der Waals surface area contributed by atoms with E-state index in [0.29, 0.717) is 22.6 Å². The minimum atomic E-state index is -4.23. The van der Waals surface area contributed by atoms with Crippen molar-refractivity contribution in [2.75, 3.05) is 24.6 Å². The van der Waals surface area contributed by atoms with Gasteiger partial charge >= 0.3 is 0 Å². The van der Waals surface area contributed by atoms with Crippen LogP contribution < -0.4 is 19.1 Å². The fraction of sp³-hybridized carbons (Fsp3) is 0.278. The number of halogens is 1. The minimum Gasteiger partial charge on any atom is -0.497 e. The Morgan fingerprint density at radius 2 is 1.51 bits per heavy atom. The predicted octanol–water partition coefficient (Wildman–Crippen LogP) is 6.22. The van der Waals surface area contributed by atoms with Gasteiger partial charge in [-0.3, -0.25) is 13.9 Å². The van der Waals surface area contributed by atoms with Crippen molar-refractivity contribution in [1.82, 2.24) is 10.2 Å². The summed E-state index contributed by atoms with van der Waals surface area (Å²) in [5.74, 6) is 0.261. The molecule has 1 N–H and O–H groups in total. The molecule has 11 heteroatoms. The molecule has 1 atom stereocenters. The fourth-order valence-electron chi connectivity index (χ4n) is 5.04. The monoisotopic (exact) mass is 721 g/mol. The molecule has 0 radical (unpaired) electrons. The highest BCUT2D eigenvalue weighted by Gasteiger charge is 2.35. The molecule has 0 saturated carbocycles. The Bertz CT molecular complexity index is 1730. The molecule has 9 nitrogen and oxygen atoms in total. The molecule has 248 valence electrons. The fourth-order valence-corrected chi connectivity index (χ4v) is 6.72. The summed E-state index contributed by atoms with van der Waals surface area (Å²) in [6.07, 6.45) is 0.220. The van der Waals surface area contributed by atoms with Gasteiger partial charge in [0.2, 0.25) is 11.8 Å². The molecule has 0 aliphatic carbocycles. The van der Waals surface area contributed by atoms with Gasteiger partial charge in [-0.15, -0.1) is 0 Å². The van der Waals surface area contributed by atoms with E-state index in [1.54, 1.807) is 61.7 Å². The van der Waals surface area contributed by atoms with Crippen LogP contribution in [0.3, 0.4) is 0 Å². The molecular formula is C36H40BrN3O6S. The number of carbonyl (C=O) groups excluding carboxylic acids is 2. The van der Waals surface area contributed by atoms with Gasteiger partial charge in [0, 0.05) is 23.5 Å². The number of rotatable bonds is 15. The Balaban J connectivity index is 1.81. The van der Waals surface area contributed by atoms with E-state index in [-0.39, 0.29) is 35.5 Å². The average molecular weight is 723 g/mol. The third-order valence-corrected chi connectivity index (χ3v) is 9.62. The lowest BCUT2D eigenvalue weighted by atomic mass is 10.0. The number of anilines is 1. The summed E-state index contributed by atoms with van der Waals surface area (Å²) in [6.45, 7) is 5.48. The van der Waals surface area contributed by atoms with Crippen molar-refractivity contribution in [2.24, 2.45) is 0 Å². The van der Waals surface area contributed by atoms with E-state index in [2.05, 4.69) is 21.2 Å². The number of hydrogen-bond donors (Lipinski definition) is 1. The zero-order valence-electron chi connectivity index (χ0n) is 26.9. The van der Waals surface area contributed by atoms with E-state index >= 15 is 0 Å². The molecule has 0 heterocycles. The molecule has 4 aromatic carbocycles. The molecule has 0 unspecified atom stereocenters. The van der Waals surface area contributed by atoms with Crippen molar-refractivity contribution >= 4 is 43.5 Å². The van der Waals surface area contributed by atoms with E-state index in [1.165, 1.54) is 17.0 Å². The van der Waals surface area contributed by atoms with E-state index in [0.717, 1.165) is 15.4 Å². The molecule has 0 spiro atoms. The van der Waals surface area contributed by atoms with Crippen LogP contribution in [0.5, 0.6) is 11.5 Å². The van der Waals surface area contributed by atoms with Gasteiger partial charge in [-0.2, -0.15) is 0 Å². The largest absolute Gasteiger partial charge is 0.497 e. The Morgan fingerprint density at radius 3 is 2.13 bits per heavy atom. The predicted molar refractivity (Wildman–Crippen MR) is 187 cm³/mol. The first kappa shape index (κ1) is 35.5. The second-order valence-corrected chi connectivity index (χ2v) is 13.9. The van der Waals surface area contributed by atoms with Gasteiger partial charge < -0.3 is 19.7 Å². The third-order valence-electron chi connectivity index (χ3n) is 7.31. The highest BCUT2D eigenvalue weighted by Crippen LogP contribution is 2.28. The van der Waals surface area contributed by atoms with Crippen LogP contribution in [0.2, 0.25) is 0 Å². The van der Waals surface area contributed by atoms with Crippen LogP contribution in [0.1, 0.15) is 31.9 Å². The van der Waals surface area contributed by atoms with E-state index < -0.39 is 28.5 Å². The molecule has 4 aromatic rings. The SMILES string of the molecule is CCOc1ccc(N(CC(=O)N(Cc2cccc(OC)c2)[C@H](Cc2ccccc2)C(=O)NC(C)C)S(=O)(=O)c2ccc(Br)cc2)cc1. The Morgan fingerprint density at radius 1 is 0.851 bits per heavy atom. The third kappa shape index (κ3) is 9.59. The van der Waals surface area contributed by atoms with Gasteiger partial charge in [0.25, 0.3) is 10.0 Å². The van der Waals surface area contributed by atoms with E-state index in [4.69, 9.17) is 9.47 Å². The van der Waals surface area contributed by atoms with E-state index in [1.807, 2.05) is 57.2 Å². The molecule has 0 saturated heterocycles. The first-order chi connectivity index (χ1) is 22.5. The zero-order chi connectivity index (χ0) is 34.0. The van der Waals surface area contributed by atoms with Gasteiger partial charge in [-0.25, -0.2) is 8.42 Å². The summed E-state index contributed by atoms with van der Waals surface area (Å²) in [5.41, 5.74) is 1.85. The maximum absolute atomic E-state index is 14.6. The summed E-state index contributed by atoms with van der Waals surface area (Å²) in [7, 11) is -2.67. The smallest absolute Gasteiger partial charge is 0.264 e. The van der Waals surface area contributed by atoms with Crippen LogP contribution in [-0.4, -0.2) is 57.5 Å². The lowest BCUT2D eigenvalue weighted by molar-refractivity contribution is -0.140. The van der Waals surface area contributed by atoms with Gasteiger partial charge in [-0.1, -0.05) is 58.4 Å². The Kier molecular flexibility index (Phi) is 12.4. The first-order valence-electron chi connectivity index (χ1n) is 15.3. The molecule has 2 amide bonds. The normalized spacial score (nSPS) is 11.9. The van der Waals surface area contributed by atoms with Crippen molar-refractivity contribution < 1.29 is 27.5 Å². The molecule has 0 fully saturated rings. The van der Waals surface area contributed by atoms with Crippen molar-refractivity contribution in [1.29, 1.82) is 0 Å². The molecular weight excluding hydrogens is 682 g/mol. The van der Waals surface area contributed by atoms with Crippen LogP contribution in [0.15, 0.2) is 112 Å². The second kappa shape index (κ2) is 16.5. The van der Waals surface area contributed by atoms with Gasteiger partial charge in [0.15, 0.2) is 0 Å². The number of methoxy groups -OCH3 is 1. The summed E-state index contributed by atoms with van der Waals surface area (Å²) >= 11 is 3.36. The maximum atomic E-state index is 14.6. The lowest BCUT2D eigenvalue weighted by Crippen LogP contribution is -2.54. The topological polar surface area (TPSA) is 105 Å². The number of amides is 2. The van der Waals surface area contributed by atoms with Crippen LogP contribution in [-0.2, 0) is 32.6 Å². The Hall–Kier alpha value is -4.35. The molecule has 0 aliphatic heterocycles. The van der Waals surface area contributed by atoms with Crippen molar-refractivity contribution in [3.8, 4) is 11.5 Å². The Labute approximate surface area is 285 Å². The van der Waals surface area contributed by atoms with Gasteiger partial charge in [0.05, 0.1) is 24.3 Å². The molecule has 4 rings (SSSR count). The van der Waals surface area contributed by atoms with E-state index in [9.17, 15) is 18.0 Å². The zero-order valence-corrected chi connectivity index (χ0v) is 29.3. The van der Waals surface area contributed by atoms with Crippen molar-refractivity contribution in [3.63, 3.8) is 0 Å². The van der Waals surface area contributed by atoms with Crippen LogP contribution in [0, 0.1) is 0 Å². The van der Waals surface area contributed by atoms with Crippen LogP contribution >= 0.6 is 15.9 Å². The molecule has 47 heavy (non-hydrogen) atoms. The van der Waals surface area contributed by atoms with Crippen LogP contribution in [0.25, 0.3) is 0 Å². The van der Waals surface area contributed by atoms with Gasteiger partial charge in [0.1, 0.15) is 24.1 Å². The minimum absolute atomic E-state index is 0.0140. The number of nitrogens with one attached hydrogen (secondary N) is 1. The second-order valence-electron chi connectivity index (χ2n) is 11.1. The van der Waals surface area contributed by atoms with Crippen molar-refractivity contribution in [2.45, 2.75) is 50.7 Å². The first-order valence-corrected chi connectivity index (χ1v) is 17.5. The number of sulfonamides is 1. The lowest BCUT2D eigenvalue weighted by Gasteiger charge is -2.34. The number of ether oxygens (including phenoxy) is 2. The van der Waals surface area contributed by atoms with Crippen molar-refractivity contribution in [3.05, 3.63) is 119 Å². The number of benzene rings is 4. The van der Waals surface area contributed by atoms with Gasteiger partial charge in [-0.05, 0) is 92.6 Å². The number of nitrogens with zero attached hydrogens (tertiary/aromatic N) is 2.